The summed E-state index contributed by atoms with van der Waals surface area (Å²) in [5.41, 5.74) is 0. The minimum absolute atomic E-state index is 0.860. The lowest BCUT2D eigenvalue weighted by molar-refractivity contribution is 0.989. The molecule has 0 rings (SSSR count). The Labute approximate surface area is 152 Å². The van der Waals surface area contributed by atoms with Crippen LogP contribution in [0.3, 0.4) is 0 Å². The lowest BCUT2D eigenvalue weighted by atomic mass is 10.3. The van der Waals surface area contributed by atoms with Crippen molar-refractivity contribution in [2.24, 2.45) is 0 Å². The van der Waals surface area contributed by atoms with Crippen LogP contribution < -0.4 is 0 Å². The van der Waals surface area contributed by atoms with Gasteiger partial charge in [-0.05, 0) is 47.8 Å². The SMILES string of the molecule is CCSN(SCC)C(=S)CCC(=S)N(SCC)SCC. The van der Waals surface area contributed by atoms with Crippen molar-refractivity contribution in [3.63, 3.8) is 0 Å². The molecule has 118 valence electrons. The zero-order valence-electron chi connectivity index (χ0n) is 12.6. The number of rotatable bonds is 11. The first-order valence-electron chi connectivity index (χ1n) is 6.78. The van der Waals surface area contributed by atoms with Gasteiger partial charge in [-0.2, -0.15) is 0 Å². The molecule has 0 N–H and O–H groups in total. The Hall–Kier alpha value is 1.18. The molecule has 0 atom stereocenters. The van der Waals surface area contributed by atoms with Gasteiger partial charge in [0.05, 0.1) is 9.98 Å². The van der Waals surface area contributed by atoms with Gasteiger partial charge in [0.2, 0.25) is 0 Å². The van der Waals surface area contributed by atoms with Crippen LogP contribution in [0.2, 0.25) is 0 Å². The van der Waals surface area contributed by atoms with E-state index < -0.39 is 0 Å². The second-order valence-electron chi connectivity index (χ2n) is 3.47. The van der Waals surface area contributed by atoms with Crippen molar-refractivity contribution >= 4 is 82.2 Å². The maximum Gasteiger partial charge on any atom is 0.0998 e. The molecule has 0 aromatic carbocycles. The molecule has 0 aromatic rings. The van der Waals surface area contributed by atoms with E-state index in [1.54, 1.807) is 47.8 Å². The summed E-state index contributed by atoms with van der Waals surface area (Å²) in [5, 5.41) is 0. The molecule has 0 saturated carbocycles. The molecule has 0 aliphatic carbocycles. The molecule has 0 saturated heterocycles. The van der Waals surface area contributed by atoms with Gasteiger partial charge in [-0.15, -0.1) is 0 Å². The Balaban J connectivity index is 4.27. The molecule has 0 unspecified atom stereocenters. The number of thiocarbonyl (C=S) groups is 2. The van der Waals surface area contributed by atoms with Crippen LogP contribution in [0.25, 0.3) is 0 Å². The van der Waals surface area contributed by atoms with Crippen molar-refractivity contribution in [1.82, 2.24) is 7.42 Å². The summed E-state index contributed by atoms with van der Waals surface area (Å²) in [6, 6.07) is 0. The smallest absolute Gasteiger partial charge is 0.0998 e. The standard InChI is InChI=1S/C12H24N2S6/c1-5-17-13(18-6-2)11(15)9-10-12(16)14(19-7-3)20-8-4/h5-10H2,1-4H3. The zero-order chi connectivity index (χ0) is 15.4. The van der Waals surface area contributed by atoms with Crippen LogP contribution in [0.1, 0.15) is 40.5 Å². The Morgan fingerprint density at radius 1 is 0.650 bits per heavy atom. The molecule has 0 bridgehead atoms. The topological polar surface area (TPSA) is 6.48 Å². The van der Waals surface area contributed by atoms with E-state index in [9.17, 15) is 0 Å². The summed E-state index contributed by atoms with van der Waals surface area (Å²) in [4.78, 5) is 1.99. The van der Waals surface area contributed by atoms with Crippen molar-refractivity contribution in [3.8, 4) is 0 Å². The van der Waals surface area contributed by atoms with Gasteiger partial charge in [0.15, 0.2) is 0 Å². The number of nitrogens with zero attached hydrogens (tertiary/aromatic N) is 2. The quantitative estimate of drug-likeness (QED) is 0.324. The molecule has 0 amide bonds. The second kappa shape index (κ2) is 13.8. The molecule has 0 radical (unpaired) electrons. The number of hydrogen-bond donors (Lipinski definition) is 0. The van der Waals surface area contributed by atoms with E-state index in [0.29, 0.717) is 0 Å². The van der Waals surface area contributed by atoms with Crippen molar-refractivity contribution in [3.05, 3.63) is 0 Å². The minimum atomic E-state index is 0.860. The van der Waals surface area contributed by atoms with Crippen molar-refractivity contribution in [2.75, 3.05) is 23.0 Å². The summed E-state index contributed by atoms with van der Waals surface area (Å²) in [7, 11) is 0. The fourth-order valence-electron chi connectivity index (χ4n) is 1.23. The molecule has 0 aliphatic rings. The number of hydrogen-bond acceptors (Lipinski definition) is 6. The maximum absolute atomic E-state index is 5.53. The van der Waals surface area contributed by atoms with Gasteiger partial charge < -0.3 is 0 Å². The van der Waals surface area contributed by atoms with Gasteiger partial charge in [-0.25, -0.2) is 0 Å². The molecule has 0 aliphatic heterocycles. The van der Waals surface area contributed by atoms with E-state index in [-0.39, 0.29) is 0 Å². The molecule has 20 heavy (non-hydrogen) atoms. The van der Waals surface area contributed by atoms with Crippen LogP contribution in [0, 0.1) is 0 Å². The highest BCUT2D eigenvalue weighted by molar-refractivity contribution is 8.14. The Morgan fingerprint density at radius 3 is 1.10 bits per heavy atom. The average molecular weight is 389 g/mol. The third-order valence-electron chi connectivity index (χ3n) is 1.95. The van der Waals surface area contributed by atoms with E-state index >= 15 is 0 Å². The third-order valence-corrected chi connectivity index (χ3v) is 7.30. The van der Waals surface area contributed by atoms with Crippen molar-refractivity contribution in [2.45, 2.75) is 40.5 Å². The van der Waals surface area contributed by atoms with Crippen LogP contribution in [0.4, 0.5) is 0 Å². The van der Waals surface area contributed by atoms with E-state index in [0.717, 1.165) is 45.8 Å². The van der Waals surface area contributed by atoms with E-state index in [2.05, 4.69) is 35.1 Å². The zero-order valence-corrected chi connectivity index (χ0v) is 17.5. The molecular weight excluding hydrogens is 365 g/mol. The highest BCUT2D eigenvalue weighted by atomic mass is 32.2. The second-order valence-corrected chi connectivity index (χ2v) is 9.68. The fraction of sp³-hybridized carbons (Fsp3) is 0.833. The monoisotopic (exact) mass is 388 g/mol. The van der Waals surface area contributed by atoms with E-state index in [1.807, 2.05) is 0 Å². The normalized spacial score (nSPS) is 10.4. The summed E-state index contributed by atoms with van der Waals surface area (Å²) < 4.78 is 4.34. The molecule has 0 heterocycles. The Morgan fingerprint density at radius 2 is 0.900 bits per heavy atom. The summed E-state index contributed by atoms with van der Waals surface area (Å²) in [6.07, 6.45) is 1.72. The highest BCUT2D eigenvalue weighted by Crippen LogP contribution is 2.27. The van der Waals surface area contributed by atoms with Crippen LogP contribution in [-0.2, 0) is 0 Å². The Bertz CT molecular complexity index is 247. The first-order valence-corrected chi connectivity index (χ1v) is 11.4. The predicted molar refractivity (Wildman–Crippen MR) is 111 cm³/mol. The first kappa shape index (κ1) is 21.2. The van der Waals surface area contributed by atoms with Gasteiger partial charge in [0.25, 0.3) is 0 Å². The van der Waals surface area contributed by atoms with Crippen LogP contribution in [0.15, 0.2) is 0 Å². The van der Waals surface area contributed by atoms with Crippen LogP contribution in [0.5, 0.6) is 0 Å². The van der Waals surface area contributed by atoms with E-state index in [4.69, 9.17) is 24.4 Å². The van der Waals surface area contributed by atoms with Crippen molar-refractivity contribution < 1.29 is 0 Å². The minimum Gasteiger partial charge on any atom is -0.252 e. The fourth-order valence-corrected chi connectivity index (χ4v) is 5.80. The molecule has 0 aromatic heterocycles. The summed E-state index contributed by atoms with van der Waals surface area (Å²) >= 11 is 18.2. The summed E-state index contributed by atoms with van der Waals surface area (Å²) in [6.45, 7) is 8.61. The molecule has 0 spiro atoms. The predicted octanol–water partition coefficient (Wildman–Crippen LogP) is 5.70. The molecule has 0 fully saturated rings. The average Bonchev–Trinajstić information content (AvgIpc) is 2.44. The maximum atomic E-state index is 5.53. The Kier molecular flexibility index (Phi) is 14.6. The van der Waals surface area contributed by atoms with Gasteiger partial charge in [0, 0.05) is 35.9 Å². The van der Waals surface area contributed by atoms with Gasteiger partial charge in [-0.1, -0.05) is 52.1 Å². The molecule has 2 nitrogen and oxygen atoms in total. The lowest BCUT2D eigenvalue weighted by Crippen LogP contribution is -2.21. The summed E-state index contributed by atoms with van der Waals surface area (Å²) in [5.74, 6) is 4.17. The molecule has 8 heteroatoms. The van der Waals surface area contributed by atoms with E-state index in [1.165, 1.54) is 0 Å². The third kappa shape index (κ3) is 9.25. The van der Waals surface area contributed by atoms with Gasteiger partial charge in [-0.3, -0.25) is 7.42 Å². The van der Waals surface area contributed by atoms with Gasteiger partial charge in [0.1, 0.15) is 0 Å². The highest BCUT2D eigenvalue weighted by Gasteiger charge is 2.14. The largest absolute Gasteiger partial charge is 0.252 e. The van der Waals surface area contributed by atoms with Crippen molar-refractivity contribution in [1.29, 1.82) is 0 Å². The van der Waals surface area contributed by atoms with Crippen LogP contribution in [-0.4, -0.2) is 40.4 Å². The molecular formula is C12H24N2S6. The lowest BCUT2D eigenvalue weighted by Gasteiger charge is -2.24. The first-order chi connectivity index (χ1) is 9.60. The van der Waals surface area contributed by atoms with Gasteiger partial charge >= 0.3 is 0 Å². The van der Waals surface area contributed by atoms with Crippen LogP contribution >= 0.6 is 72.2 Å².